The molecule has 1 aliphatic rings. The van der Waals surface area contributed by atoms with Gasteiger partial charge in [-0.05, 0) is 60.7 Å². The fraction of sp³-hybridized carbons (Fsp3) is 0.345. The zero-order valence-corrected chi connectivity index (χ0v) is 20.7. The molecule has 0 spiro atoms. The minimum atomic E-state index is -0.662. The highest BCUT2D eigenvalue weighted by Crippen LogP contribution is 2.42. The molecule has 35 heavy (non-hydrogen) atoms. The standard InChI is InChI=1S/C29H32O6/c1-29(23(19-35-28(29)30)14-21-10-12-24(31-2)26(15-21)32-3)17-22-11-13-25(27(16-22)33-4)34-18-20-8-6-5-7-9-20/h5-13,15-16,23H,14,17-19H2,1-4H3/t23-,29+/m0/s1. The van der Waals surface area contributed by atoms with Gasteiger partial charge in [-0.2, -0.15) is 0 Å². The molecule has 1 saturated heterocycles. The number of hydrogen-bond donors (Lipinski definition) is 0. The molecule has 0 aliphatic carbocycles. The number of cyclic esters (lactones) is 1. The Hall–Kier alpha value is -3.67. The van der Waals surface area contributed by atoms with Crippen molar-refractivity contribution in [3.8, 4) is 23.0 Å². The normalized spacial score (nSPS) is 19.2. The molecule has 6 heteroatoms. The number of rotatable bonds is 10. The Bertz CT molecular complexity index is 1160. The lowest BCUT2D eigenvalue weighted by atomic mass is 9.72. The molecule has 3 aromatic rings. The number of esters is 1. The van der Waals surface area contributed by atoms with E-state index in [2.05, 4.69) is 0 Å². The highest BCUT2D eigenvalue weighted by molar-refractivity contribution is 5.79. The number of carbonyl (C=O) groups is 1. The maximum absolute atomic E-state index is 12.9. The number of carbonyl (C=O) groups excluding carboxylic acids is 1. The first-order valence-corrected chi connectivity index (χ1v) is 11.7. The number of methoxy groups -OCH3 is 3. The molecule has 0 aromatic heterocycles. The number of hydrogen-bond acceptors (Lipinski definition) is 6. The first kappa shape index (κ1) is 24.5. The molecular weight excluding hydrogens is 444 g/mol. The lowest BCUT2D eigenvalue weighted by molar-refractivity contribution is -0.145. The Morgan fingerprint density at radius 3 is 2.14 bits per heavy atom. The maximum atomic E-state index is 12.9. The molecule has 4 rings (SSSR count). The van der Waals surface area contributed by atoms with Gasteiger partial charge in [0.15, 0.2) is 23.0 Å². The summed E-state index contributed by atoms with van der Waals surface area (Å²) >= 11 is 0. The van der Waals surface area contributed by atoms with Crippen LogP contribution in [0.3, 0.4) is 0 Å². The van der Waals surface area contributed by atoms with Crippen molar-refractivity contribution in [3.05, 3.63) is 83.4 Å². The molecular formula is C29H32O6. The molecule has 6 nitrogen and oxygen atoms in total. The number of ether oxygens (including phenoxy) is 5. The van der Waals surface area contributed by atoms with E-state index < -0.39 is 5.41 Å². The van der Waals surface area contributed by atoms with Gasteiger partial charge < -0.3 is 23.7 Å². The topological polar surface area (TPSA) is 63.2 Å². The molecule has 0 saturated carbocycles. The van der Waals surface area contributed by atoms with Crippen LogP contribution < -0.4 is 18.9 Å². The molecule has 1 heterocycles. The second-order valence-corrected chi connectivity index (χ2v) is 9.04. The second kappa shape index (κ2) is 10.7. The van der Waals surface area contributed by atoms with Crippen molar-refractivity contribution in [2.24, 2.45) is 11.3 Å². The summed E-state index contributed by atoms with van der Waals surface area (Å²) < 4.78 is 27.9. The van der Waals surface area contributed by atoms with Crippen LogP contribution in [0.15, 0.2) is 66.7 Å². The van der Waals surface area contributed by atoms with Crippen LogP contribution in [0.4, 0.5) is 0 Å². The van der Waals surface area contributed by atoms with Crippen molar-refractivity contribution in [1.82, 2.24) is 0 Å². The zero-order valence-electron chi connectivity index (χ0n) is 20.7. The Balaban J connectivity index is 1.50. The fourth-order valence-electron chi connectivity index (χ4n) is 4.59. The van der Waals surface area contributed by atoms with Crippen molar-refractivity contribution in [3.63, 3.8) is 0 Å². The predicted octanol–water partition coefficient (Wildman–Crippen LogP) is 5.26. The van der Waals surface area contributed by atoms with Gasteiger partial charge in [0.05, 0.1) is 33.4 Å². The van der Waals surface area contributed by atoms with E-state index in [1.165, 1.54) is 0 Å². The molecule has 0 amide bonds. The van der Waals surface area contributed by atoms with Crippen molar-refractivity contribution < 1.29 is 28.5 Å². The second-order valence-electron chi connectivity index (χ2n) is 9.04. The average molecular weight is 477 g/mol. The van der Waals surface area contributed by atoms with Crippen LogP contribution in [0.5, 0.6) is 23.0 Å². The van der Waals surface area contributed by atoms with Gasteiger partial charge >= 0.3 is 5.97 Å². The van der Waals surface area contributed by atoms with E-state index in [1.54, 1.807) is 21.3 Å². The van der Waals surface area contributed by atoms with Crippen LogP contribution in [0.1, 0.15) is 23.6 Å². The van der Waals surface area contributed by atoms with Crippen LogP contribution in [-0.4, -0.2) is 33.9 Å². The summed E-state index contributed by atoms with van der Waals surface area (Å²) in [5, 5.41) is 0. The summed E-state index contributed by atoms with van der Waals surface area (Å²) in [7, 11) is 4.86. The zero-order chi connectivity index (χ0) is 24.8. The summed E-state index contributed by atoms with van der Waals surface area (Å²) in [6.07, 6.45) is 1.23. The summed E-state index contributed by atoms with van der Waals surface area (Å²) in [5.41, 5.74) is 2.48. The third kappa shape index (κ3) is 5.37. The van der Waals surface area contributed by atoms with Crippen molar-refractivity contribution in [1.29, 1.82) is 0 Å². The Morgan fingerprint density at radius 2 is 1.43 bits per heavy atom. The molecule has 184 valence electrons. The quantitative estimate of drug-likeness (QED) is 0.372. The third-order valence-corrected chi connectivity index (χ3v) is 6.75. The third-order valence-electron chi connectivity index (χ3n) is 6.75. The van der Waals surface area contributed by atoms with Crippen molar-refractivity contribution >= 4 is 5.97 Å². The van der Waals surface area contributed by atoms with Crippen LogP contribution in [-0.2, 0) is 29.0 Å². The minimum absolute atomic E-state index is 0.0214. The first-order valence-electron chi connectivity index (χ1n) is 11.7. The molecule has 0 radical (unpaired) electrons. The van der Waals surface area contributed by atoms with Gasteiger partial charge in [0, 0.05) is 5.92 Å². The molecule has 0 bridgehead atoms. The van der Waals surface area contributed by atoms with Gasteiger partial charge in [0.1, 0.15) is 6.61 Å². The van der Waals surface area contributed by atoms with E-state index in [-0.39, 0.29) is 11.9 Å². The smallest absolute Gasteiger partial charge is 0.312 e. The molecule has 0 N–H and O–H groups in total. The highest BCUT2D eigenvalue weighted by atomic mass is 16.5. The van der Waals surface area contributed by atoms with Crippen molar-refractivity contribution in [2.45, 2.75) is 26.4 Å². The Morgan fingerprint density at radius 1 is 0.800 bits per heavy atom. The average Bonchev–Trinajstić information content (AvgIpc) is 3.16. The van der Waals surface area contributed by atoms with Crippen molar-refractivity contribution in [2.75, 3.05) is 27.9 Å². The van der Waals surface area contributed by atoms with Crippen LogP contribution >= 0.6 is 0 Å². The highest BCUT2D eigenvalue weighted by Gasteiger charge is 2.48. The van der Waals surface area contributed by atoms with Crippen LogP contribution in [0.2, 0.25) is 0 Å². The maximum Gasteiger partial charge on any atom is 0.312 e. The number of benzene rings is 3. The summed E-state index contributed by atoms with van der Waals surface area (Å²) in [4.78, 5) is 12.9. The van der Waals surface area contributed by atoms with Gasteiger partial charge in [0.2, 0.25) is 0 Å². The summed E-state index contributed by atoms with van der Waals surface area (Å²) in [6, 6.07) is 21.7. The van der Waals surface area contributed by atoms with Crippen LogP contribution in [0.25, 0.3) is 0 Å². The van der Waals surface area contributed by atoms with Crippen LogP contribution in [0, 0.1) is 11.3 Å². The monoisotopic (exact) mass is 476 g/mol. The summed E-state index contributed by atoms with van der Waals surface area (Å²) in [5.74, 6) is 2.51. The van der Waals surface area contributed by atoms with Gasteiger partial charge in [0.25, 0.3) is 0 Å². The summed E-state index contributed by atoms with van der Waals surface area (Å²) in [6.45, 7) is 2.83. The Kier molecular flexibility index (Phi) is 7.49. The van der Waals surface area contributed by atoms with E-state index in [9.17, 15) is 4.79 Å². The molecule has 0 unspecified atom stereocenters. The Labute approximate surface area is 206 Å². The largest absolute Gasteiger partial charge is 0.493 e. The molecule has 3 aromatic carbocycles. The molecule has 1 fully saturated rings. The van der Waals surface area contributed by atoms with Gasteiger partial charge in [-0.25, -0.2) is 0 Å². The van der Waals surface area contributed by atoms with Gasteiger partial charge in [-0.3, -0.25) is 4.79 Å². The minimum Gasteiger partial charge on any atom is -0.493 e. The SMILES string of the molecule is COc1ccc(C[C@H]2COC(=O)[C@]2(C)Cc2ccc(OCc3ccccc3)c(OC)c2)cc1OC. The van der Waals surface area contributed by atoms with Gasteiger partial charge in [-0.15, -0.1) is 0 Å². The fourth-order valence-corrected chi connectivity index (χ4v) is 4.59. The van der Waals surface area contributed by atoms with E-state index in [0.29, 0.717) is 49.1 Å². The lowest BCUT2D eigenvalue weighted by Crippen LogP contribution is -2.33. The first-order chi connectivity index (χ1) is 17.0. The van der Waals surface area contributed by atoms with E-state index in [1.807, 2.05) is 73.7 Å². The molecule has 2 atom stereocenters. The van der Waals surface area contributed by atoms with E-state index in [4.69, 9.17) is 23.7 Å². The van der Waals surface area contributed by atoms with E-state index >= 15 is 0 Å². The lowest BCUT2D eigenvalue weighted by Gasteiger charge is -2.27. The molecule has 1 aliphatic heterocycles. The predicted molar refractivity (Wildman–Crippen MR) is 133 cm³/mol. The van der Waals surface area contributed by atoms with E-state index in [0.717, 1.165) is 16.7 Å². The van der Waals surface area contributed by atoms with Gasteiger partial charge in [-0.1, -0.05) is 42.5 Å².